The Morgan fingerprint density at radius 2 is 1.89 bits per heavy atom. The standard InChI is InChI=1S/C23H30N2O2/c1-14-11-12-17-16(13-14)18-19(26)24-21(25-20(18)27-23(17,4)5)22(2,3)15-9-7-6-8-10-15/h6-10,14,16-17H,11-13H2,1-5H3,(H,24,25,26)/t14-,16-,17+/m0/s1. The smallest absolute Gasteiger partial charge is 0.258 e. The lowest BCUT2D eigenvalue weighted by molar-refractivity contribution is -0.0189. The molecular formula is C23H30N2O2. The molecule has 2 heterocycles. The fourth-order valence-electron chi connectivity index (χ4n) is 5.01. The van der Waals surface area contributed by atoms with Crippen LogP contribution in [0.3, 0.4) is 0 Å². The Kier molecular flexibility index (Phi) is 4.21. The Balaban J connectivity index is 1.83. The SMILES string of the molecule is C[C@H]1CC[C@@H]2[C@H](C1)c1c(nc(C(C)(C)c3ccccc3)[nH]c1=O)OC2(C)C. The molecule has 1 N–H and O–H groups in total. The van der Waals surface area contributed by atoms with Crippen molar-refractivity contribution < 1.29 is 4.74 Å². The van der Waals surface area contributed by atoms with Gasteiger partial charge in [0.25, 0.3) is 5.56 Å². The van der Waals surface area contributed by atoms with Crippen LogP contribution >= 0.6 is 0 Å². The number of aromatic nitrogens is 2. The van der Waals surface area contributed by atoms with Crippen LogP contribution in [0.15, 0.2) is 35.1 Å². The molecule has 1 saturated carbocycles. The van der Waals surface area contributed by atoms with Crippen LogP contribution in [0.4, 0.5) is 0 Å². The van der Waals surface area contributed by atoms with E-state index in [1.807, 2.05) is 18.2 Å². The van der Waals surface area contributed by atoms with Gasteiger partial charge in [0.05, 0.1) is 5.56 Å². The summed E-state index contributed by atoms with van der Waals surface area (Å²) in [5.74, 6) is 2.44. The van der Waals surface area contributed by atoms with E-state index in [9.17, 15) is 4.79 Å². The van der Waals surface area contributed by atoms with Crippen LogP contribution in [0, 0.1) is 11.8 Å². The highest BCUT2D eigenvalue weighted by molar-refractivity contribution is 5.37. The molecule has 2 aliphatic rings. The van der Waals surface area contributed by atoms with Crippen molar-refractivity contribution in [3.05, 3.63) is 57.6 Å². The van der Waals surface area contributed by atoms with Gasteiger partial charge in [0.2, 0.25) is 5.88 Å². The van der Waals surface area contributed by atoms with Crippen molar-refractivity contribution in [1.29, 1.82) is 0 Å². The van der Waals surface area contributed by atoms with Crippen molar-refractivity contribution in [3.8, 4) is 5.88 Å². The van der Waals surface area contributed by atoms with Gasteiger partial charge in [-0.25, -0.2) is 0 Å². The van der Waals surface area contributed by atoms with E-state index < -0.39 is 5.41 Å². The van der Waals surface area contributed by atoms with Crippen molar-refractivity contribution in [2.24, 2.45) is 11.8 Å². The molecule has 0 amide bonds. The zero-order valence-corrected chi connectivity index (χ0v) is 17.0. The normalized spacial score (nSPS) is 26.6. The summed E-state index contributed by atoms with van der Waals surface area (Å²) in [5.41, 5.74) is 1.15. The number of hydrogen-bond acceptors (Lipinski definition) is 3. The number of benzene rings is 1. The van der Waals surface area contributed by atoms with Gasteiger partial charge in [0, 0.05) is 17.3 Å². The number of H-pyrrole nitrogens is 1. The lowest BCUT2D eigenvalue weighted by Crippen LogP contribution is -2.49. The maximum absolute atomic E-state index is 13.2. The molecule has 0 saturated heterocycles. The molecule has 27 heavy (non-hydrogen) atoms. The molecule has 144 valence electrons. The summed E-state index contributed by atoms with van der Waals surface area (Å²) in [5, 5.41) is 0. The van der Waals surface area contributed by atoms with E-state index in [2.05, 4.69) is 51.7 Å². The maximum atomic E-state index is 13.2. The first-order valence-electron chi connectivity index (χ1n) is 10.1. The molecule has 1 aromatic carbocycles. The molecule has 4 heteroatoms. The second kappa shape index (κ2) is 6.22. The topological polar surface area (TPSA) is 55.0 Å². The highest BCUT2D eigenvalue weighted by Gasteiger charge is 2.48. The Hall–Kier alpha value is -2.10. The average molecular weight is 367 g/mol. The molecule has 1 fully saturated rings. The van der Waals surface area contributed by atoms with Crippen LogP contribution in [0.25, 0.3) is 0 Å². The minimum atomic E-state index is -0.403. The monoisotopic (exact) mass is 366 g/mol. The summed E-state index contributed by atoms with van der Waals surface area (Å²) in [6.07, 6.45) is 3.35. The Morgan fingerprint density at radius 1 is 1.19 bits per heavy atom. The number of hydrogen-bond donors (Lipinski definition) is 1. The summed E-state index contributed by atoms with van der Waals surface area (Å²) < 4.78 is 6.35. The van der Waals surface area contributed by atoms with E-state index >= 15 is 0 Å². The zero-order valence-electron chi connectivity index (χ0n) is 17.0. The first-order valence-corrected chi connectivity index (χ1v) is 10.1. The van der Waals surface area contributed by atoms with Crippen molar-refractivity contribution in [1.82, 2.24) is 9.97 Å². The second-order valence-electron chi connectivity index (χ2n) is 9.46. The number of fused-ring (bicyclic) bond motifs is 3. The lowest BCUT2D eigenvalue weighted by atomic mass is 9.65. The Morgan fingerprint density at radius 3 is 2.59 bits per heavy atom. The van der Waals surface area contributed by atoms with Gasteiger partial charge in [-0.2, -0.15) is 4.98 Å². The lowest BCUT2D eigenvalue weighted by Gasteiger charge is -2.47. The molecule has 0 spiro atoms. The van der Waals surface area contributed by atoms with E-state index in [0.29, 0.717) is 23.5 Å². The van der Waals surface area contributed by atoms with Gasteiger partial charge >= 0.3 is 0 Å². The van der Waals surface area contributed by atoms with Crippen LogP contribution in [-0.4, -0.2) is 15.6 Å². The van der Waals surface area contributed by atoms with Crippen molar-refractivity contribution in [2.75, 3.05) is 0 Å². The third kappa shape index (κ3) is 2.99. The molecule has 3 atom stereocenters. The molecular weight excluding hydrogens is 336 g/mol. The van der Waals surface area contributed by atoms with Crippen molar-refractivity contribution in [2.45, 2.75) is 70.8 Å². The van der Waals surface area contributed by atoms with Gasteiger partial charge in [-0.15, -0.1) is 0 Å². The molecule has 0 bridgehead atoms. The van der Waals surface area contributed by atoms with Gasteiger partial charge in [0.15, 0.2) is 0 Å². The molecule has 2 aromatic rings. The predicted molar refractivity (Wildman–Crippen MR) is 107 cm³/mol. The first kappa shape index (κ1) is 18.3. The zero-order chi connectivity index (χ0) is 19.4. The highest BCUT2D eigenvalue weighted by atomic mass is 16.5. The number of ether oxygens (including phenoxy) is 1. The van der Waals surface area contributed by atoms with Gasteiger partial charge in [-0.05, 0) is 52.0 Å². The van der Waals surface area contributed by atoms with Crippen molar-refractivity contribution >= 4 is 0 Å². The first-order chi connectivity index (χ1) is 12.7. The summed E-state index contributed by atoms with van der Waals surface area (Å²) in [7, 11) is 0. The van der Waals surface area contributed by atoms with E-state index in [4.69, 9.17) is 9.72 Å². The number of nitrogens with one attached hydrogen (secondary N) is 1. The van der Waals surface area contributed by atoms with Crippen LogP contribution in [0.1, 0.15) is 76.8 Å². The van der Waals surface area contributed by atoms with E-state index in [1.54, 1.807) is 0 Å². The fraction of sp³-hybridized carbons (Fsp3) is 0.565. The largest absolute Gasteiger partial charge is 0.471 e. The number of nitrogens with zero attached hydrogens (tertiary/aromatic N) is 1. The summed E-state index contributed by atoms with van der Waals surface area (Å²) in [6, 6.07) is 10.2. The summed E-state index contributed by atoms with van der Waals surface area (Å²) in [6.45, 7) is 10.8. The quantitative estimate of drug-likeness (QED) is 0.832. The van der Waals surface area contributed by atoms with Gasteiger partial charge in [-0.3, -0.25) is 4.79 Å². The minimum absolute atomic E-state index is 0.0291. The number of aromatic amines is 1. The highest BCUT2D eigenvalue weighted by Crippen LogP contribution is 2.51. The van der Waals surface area contributed by atoms with Crippen LogP contribution in [0.2, 0.25) is 0 Å². The molecule has 0 radical (unpaired) electrons. The van der Waals surface area contributed by atoms with Gasteiger partial charge < -0.3 is 9.72 Å². The van der Waals surface area contributed by atoms with Gasteiger partial charge in [-0.1, -0.05) is 43.7 Å². The third-order valence-electron chi connectivity index (χ3n) is 6.74. The molecule has 1 aromatic heterocycles. The van der Waals surface area contributed by atoms with Crippen LogP contribution < -0.4 is 10.3 Å². The summed E-state index contributed by atoms with van der Waals surface area (Å²) >= 11 is 0. The second-order valence-corrected chi connectivity index (χ2v) is 9.46. The third-order valence-corrected chi connectivity index (χ3v) is 6.74. The van der Waals surface area contributed by atoms with E-state index in [-0.39, 0.29) is 17.1 Å². The molecule has 1 aliphatic heterocycles. The van der Waals surface area contributed by atoms with E-state index in [1.165, 1.54) is 6.42 Å². The predicted octanol–water partition coefficient (Wildman–Crippen LogP) is 4.79. The molecule has 4 rings (SSSR count). The fourth-order valence-corrected chi connectivity index (χ4v) is 5.01. The number of rotatable bonds is 2. The Labute approximate surface area is 161 Å². The molecule has 0 unspecified atom stereocenters. The maximum Gasteiger partial charge on any atom is 0.258 e. The van der Waals surface area contributed by atoms with Gasteiger partial charge in [0.1, 0.15) is 11.4 Å². The Bertz CT molecular complexity index is 898. The summed E-state index contributed by atoms with van der Waals surface area (Å²) in [4.78, 5) is 21.1. The molecule has 4 nitrogen and oxygen atoms in total. The molecule has 1 aliphatic carbocycles. The minimum Gasteiger partial charge on any atom is -0.471 e. The van der Waals surface area contributed by atoms with Crippen LogP contribution in [0.5, 0.6) is 5.88 Å². The van der Waals surface area contributed by atoms with Crippen molar-refractivity contribution in [3.63, 3.8) is 0 Å². The van der Waals surface area contributed by atoms with E-state index in [0.717, 1.165) is 24.0 Å². The average Bonchev–Trinajstić information content (AvgIpc) is 2.61. The van der Waals surface area contributed by atoms with Crippen LogP contribution in [-0.2, 0) is 5.41 Å².